The fraction of sp³-hybridized carbons (Fsp3) is 0.615. The Labute approximate surface area is 97.9 Å². The molecular formula is C13H21N3. The Bertz CT molecular complexity index is 338. The summed E-state index contributed by atoms with van der Waals surface area (Å²) in [5.41, 5.74) is 2.66. The van der Waals surface area contributed by atoms with Gasteiger partial charge in [-0.25, -0.2) is 0 Å². The van der Waals surface area contributed by atoms with Gasteiger partial charge >= 0.3 is 0 Å². The Hall–Kier alpha value is -1.09. The van der Waals surface area contributed by atoms with Crippen LogP contribution in [0, 0.1) is 5.92 Å². The number of anilines is 1. The zero-order valence-corrected chi connectivity index (χ0v) is 10.2. The normalized spacial score (nSPS) is 21.1. The topological polar surface area (TPSA) is 28.2 Å². The molecule has 0 saturated carbocycles. The third kappa shape index (κ3) is 2.53. The second-order valence-corrected chi connectivity index (χ2v) is 4.73. The van der Waals surface area contributed by atoms with E-state index in [4.69, 9.17) is 0 Å². The van der Waals surface area contributed by atoms with E-state index in [9.17, 15) is 0 Å². The van der Waals surface area contributed by atoms with Crippen LogP contribution in [0.3, 0.4) is 0 Å². The van der Waals surface area contributed by atoms with Crippen molar-refractivity contribution in [3.8, 4) is 0 Å². The largest absolute Gasteiger partial charge is 0.370 e. The highest BCUT2D eigenvalue weighted by Gasteiger charge is 2.18. The zero-order valence-electron chi connectivity index (χ0n) is 10.2. The van der Waals surface area contributed by atoms with Crippen molar-refractivity contribution in [2.75, 3.05) is 25.0 Å². The van der Waals surface area contributed by atoms with Crippen molar-refractivity contribution in [3.63, 3.8) is 0 Å². The summed E-state index contributed by atoms with van der Waals surface area (Å²) >= 11 is 0. The second kappa shape index (κ2) is 5.30. The molecule has 0 aromatic carbocycles. The van der Waals surface area contributed by atoms with E-state index in [2.05, 4.69) is 28.2 Å². The molecule has 88 valence electrons. The summed E-state index contributed by atoms with van der Waals surface area (Å²) in [7, 11) is 1.99. The average Bonchev–Trinajstić information content (AvgIpc) is 2.30. The molecule has 1 saturated heterocycles. The number of rotatable bonds is 3. The van der Waals surface area contributed by atoms with Crippen LogP contribution in [0.5, 0.6) is 0 Å². The van der Waals surface area contributed by atoms with Crippen LogP contribution in [0.15, 0.2) is 18.5 Å². The van der Waals surface area contributed by atoms with Crippen molar-refractivity contribution >= 4 is 5.69 Å². The van der Waals surface area contributed by atoms with Gasteiger partial charge < -0.3 is 10.2 Å². The lowest BCUT2D eigenvalue weighted by Crippen LogP contribution is -2.35. The van der Waals surface area contributed by atoms with Crippen LogP contribution >= 0.6 is 0 Å². The molecule has 0 radical (unpaired) electrons. The molecule has 3 heteroatoms. The van der Waals surface area contributed by atoms with E-state index in [1.54, 1.807) is 0 Å². The molecule has 3 nitrogen and oxygen atoms in total. The van der Waals surface area contributed by atoms with Crippen LogP contribution in [0.25, 0.3) is 0 Å². The highest BCUT2D eigenvalue weighted by Crippen LogP contribution is 2.25. The van der Waals surface area contributed by atoms with E-state index < -0.39 is 0 Å². The molecule has 1 fully saturated rings. The van der Waals surface area contributed by atoms with Crippen LogP contribution in [0.1, 0.15) is 25.3 Å². The van der Waals surface area contributed by atoms with Crippen molar-refractivity contribution in [2.45, 2.75) is 26.3 Å². The summed E-state index contributed by atoms with van der Waals surface area (Å²) in [6, 6.07) is 2.12. The van der Waals surface area contributed by atoms with Gasteiger partial charge in [0.25, 0.3) is 0 Å². The first-order valence-electron chi connectivity index (χ1n) is 6.13. The van der Waals surface area contributed by atoms with Crippen molar-refractivity contribution in [3.05, 3.63) is 24.0 Å². The molecule has 0 aliphatic carbocycles. The van der Waals surface area contributed by atoms with Gasteiger partial charge in [-0.15, -0.1) is 0 Å². The quantitative estimate of drug-likeness (QED) is 0.843. The molecule has 0 spiro atoms. The first kappa shape index (κ1) is 11.4. The van der Waals surface area contributed by atoms with E-state index in [-0.39, 0.29) is 0 Å². The summed E-state index contributed by atoms with van der Waals surface area (Å²) in [6.07, 6.45) is 6.54. The smallest absolute Gasteiger partial charge is 0.0598 e. The summed E-state index contributed by atoms with van der Waals surface area (Å²) < 4.78 is 0. The molecule has 2 rings (SSSR count). The van der Waals surface area contributed by atoms with Crippen LogP contribution in [0.4, 0.5) is 5.69 Å². The SMILES string of the molecule is CNCc1ccncc1N1CCCC(C)C1. The van der Waals surface area contributed by atoms with E-state index in [1.807, 2.05) is 19.4 Å². The number of nitrogens with zero attached hydrogens (tertiary/aromatic N) is 2. The van der Waals surface area contributed by atoms with Gasteiger partial charge in [0.2, 0.25) is 0 Å². The van der Waals surface area contributed by atoms with Gasteiger partial charge in [0.05, 0.1) is 11.9 Å². The molecule has 2 heterocycles. The number of pyridine rings is 1. The molecule has 1 aromatic heterocycles. The van der Waals surface area contributed by atoms with Gasteiger partial charge in [0.15, 0.2) is 0 Å². The van der Waals surface area contributed by atoms with Crippen LogP contribution < -0.4 is 10.2 Å². The van der Waals surface area contributed by atoms with Gasteiger partial charge in [-0.05, 0) is 37.4 Å². The molecule has 1 atom stereocenters. The molecule has 1 aromatic rings. The number of hydrogen-bond acceptors (Lipinski definition) is 3. The Kier molecular flexibility index (Phi) is 3.78. The summed E-state index contributed by atoms with van der Waals surface area (Å²) in [6.45, 7) is 5.60. The first-order chi connectivity index (χ1) is 7.81. The predicted molar refractivity (Wildman–Crippen MR) is 67.6 cm³/mol. The van der Waals surface area contributed by atoms with Gasteiger partial charge in [-0.1, -0.05) is 6.92 Å². The van der Waals surface area contributed by atoms with Crippen molar-refractivity contribution in [1.82, 2.24) is 10.3 Å². The maximum atomic E-state index is 4.26. The lowest BCUT2D eigenvalue weighted by atomic mass is 9.99. The average molecular weight is 219 g/mol. The molecule has 1 unspecified atom stereocenters. The van der Waals surface area contributed by atoms with Gasteiger partial charge in [-0.2, -0.15) is 0 Å². The molecule has 0 amide bonds. The van der Waals surface area contributed by atoms with Crippen LogP contribution in [0.2, 0.25) is 0 Å². The highest BCUT2D eigenvalue weighted by molar-refractivity contribution is 5.52. The number of aromatic nitrogens is 1. The molecular weight excluding hydrogens is 198 g/mol. The van der Waals surface area contributed by atoms with Crippen molar-refractivity contribution < 1.29 is 0 Å². The van der Waals surface area contributed by atoms with Gasteiger partial charge in [0.1, 0.15) is 0 Å². The number of piperidine rings is 1. The van der Waals surface area contributed by atoms with Crippen molar-refractivity contribution in [2.24, 2.45) is 5.92 Å². The Morgan fingerprint density at radius 3 is 3.19 bits per heavy atom. The third-order valence-corrected chi connectivity index (χ3v) is 3.25. The maximum absolute atomic E-state index is 4.26. The summed E-state index contributed by atoms with van der Waals surface area (Å²) in [4.78, 5) is 6.74. The van der Waals surface area contributed by atoms with E-state index in [0.717, 1.165) is 12.5 Å². The zero-order chi connectivity index (χ0) is 11.4. The number of nitrogens with one attached hydrogen (secondary N) is 1. The standard InChI is InChI=1S/C13H21N3/c1-11-4-3-7-16(10-11)13-9-15-6-5-12(13)8-14-2/h5-6,9,11,14H,3-4,7-8,10H2,1-2H3. The Morgan fingerprint density at radius 2 is 2.44 bits per heavy atom. The van der Waals surface area contributed by atoms with E-state index in [0.29, 0.717) is 0 Å². The molecule has 16 heavy (non-hydrogen) atoms. The minimum absolute atomic E-state index is 0.802. The minimum atomic E-state index is 0.802. The lowest BCUT2D eigenvalue weighted by molar-refractivity contribution is 0.445. The molecule has 1 N–H and O–H groups in total. The van der Waals surface area contributed by atoms with Crippen LogP contribution in [-0.2, 0) is 6.54 Å². The fourth-order valence-electron chi connectivity index (χ4n) is 2.45. The summed E-state index contributed by atoms with van der Waals surface area (Å²) in [5, 5.41) is 3.22. The second-order valence-electron chi connectivity index (χ2n) is 4.73. The third-order valence-electron chi connectivity index (χ3n) is 3.25. The summed E-state index contributed by atoms with van der Waals surface area (Å²) in [5.74, 6) is 0.802. The van der Waals surface area contributed by atoms with E-state index >= 15 is 0 Å². The van der Waals surface area contributed by atoms with E-state index in [1.165, 1.54) is 37.2 Å². The Balaban J connectivity index is 2.17. The number of hydrogen-bond donors (Lipinski definition) is 1. The highest BCUT2D eigenvalue weighted by atomic mass is 15.1. The molecule has 1 aliphatic heterocycles. The fourth-order valence-corrected chi connectivity index (χ4v) is 2.45. The first-order valence-corrected chi connectivity index (χ1v) is 6.13. The van der Waals surface area contributed by atoms with Crippen LogP contribution in [-0.4, -0.2) is 25.1 Å². The van der Waals surface area contributed by atoms with Gasteiger partial charge in [-0.3, -0.25) is 4.98 Å². The molecule has 0 bridgehead atoms. The molecule has 1 aliphatic rings. The minimum Gasteiger partial charge on any atom is -0.370 e. The maximum Gasteiger partial charge on any atom is 0.0598 e. The monoisotopic (exact) mass is 219 g/mol. The van der Waals surface area contributed by atoms with Crippen molar-refractivity contribution in [1.29, 1.82) is 0 Å². The Morgan fingerprint density at radius 1 is 1.56 bits per heavy atom. The van der Waals surface area contributed by atoms with Gasteiger partial charge in [0, 0.05) is 25.8 Å². The lowest BCUT2D eigenvalue weighted by Gasteiger charge is -2.33. The predicted octanol–water partition coefficient (Wildman–Crippen LogP) is 2.04.